The van der Waals surface area contributed by atoms with E-state index in [1.807, 2.05) is 13.8 Å². The van der Waals surface area contributed by atoms with Crippen LogP contribution in [0.5, 0.6) is 0 Å². The van der Waals surface area contributed by atoms with Crippen molar-refractivity contribution in [2.45, 2.75) is 19.9 Å². The van der Waals surface area contributed by atoms with Crippen molar-refractivity contribution in [2.24, 2.45) is 5.73 Å². The Morgan fingerprint density at radius 1 is 1.30 bits per heavy atom. The highest BCUT2D eigenvalue weighted by molar-refractivity contribution is 4.49. The highest BCUT2D eigenvalue weighted by atomic mass is 16.5. The van der Waals surface area contributed by atoms with Gasteiger partial charge < -0.3 is 15.8 Å². The van der Waals surface area contributed by atoms with Gasteiger partial charge in [-0.3, -0.25) is 0 Å². The minimum Gasteiger partial charge on any atom is -0.379 e. The highest BCUT2D eigenvalue weighted by Gasteiger charge is 1.92. The summed E-state index contributed by atoms with van der Waals surface area (Å²) in [5, 5.41) is 3.16. The molecule has 0 atom stereocenters. The fourth-order valence-corrected chi connectivity index (χ4v) is 0.516. The van der Waals surface area contributed by atoms with E-state index >= 15 is 0 Å². The first-order valence-electron chi connectivity index (χ1n) is 3.77. The fraction of sp³-hybridized carbons (Fsp3) is 1.00. The van der Waals surface area contributed by atoms with Crippen LogP contribution in [0.15, 0.2) is 0 Å². The van der Waals surface area contributed by atoms with E-state index in [1.54, 1.807) is 0 Å². The summed E-state index contributed by atoms with van der Waals surface area (Å²) in [4.78, 5) is 0. The Labute approximate surface area is 62.9 Å². The molecular formula is C7H18N2O. The van der Waals surface area contributed by atoms with Gasteiger partial charge in [-0.05, 0) is 6.04 Å². The van der Waals surface area contributed by atoms with Crippen LogP contribution in [0, 0.1) is 0 Å². The molecule has 1 saturated heterocycles. The predicted octanol–water partition coefficient (Wildman–Crippen LogP) is -0.0403. The van der Waals surface area contributed by atoms with E-state index in [2.05, 4.69) is 5.32 Å². The van der Waals surface area contributed by atoms with Crippen LogP contribution in [0.1, 0.15) is 13.8 Å². The van der Waals surface area contributed by atoms with Gasteiger partial charge in [0.2, 0.25) is 0 Å². The van der Waals surface area contributed by atoms with E-state index in [0.29, 0.717) is 6.04 Å². The van der Waals surface area contributed by atoms with Crippen molar-refractivity contribution in [2.75, 3.05) is 26.3 Å². The van der Waals surface area contributed by atoms with Crippen molar-refractivity contribution in [3.05, 3.63) is 0 Å². The second kappa shape index (κ2) is 6.99. The topological polar surface area (TPSA) is 47.3 Å². The molecule has 0 bridgehead atoms. The van der Waals surface area contributed by atoms with Crippen LogP contribution in [0.4, 0.5) is 0 Å². The SMILES string of the molecule is C1COCCN1.CC(C)N. The molecule has 0 amide bonds. The first kappa shape index (κ1) is 9.88. The lowest BCUT2D eigenvalue weighted by Gasteiger charge is -2.10. The maximum atomic E-state index is 5.11. The minimum atomic E-state index is 0.333. The second-order valence-electron chi connectivity index (χ2n) is 2.61. The molecule has 3 heteroatoms. The summed E-state index contributed by atoms with van der Waals surface area (Å²) in [5.41, 5.74) is 5.11. The van der Waals surface area contributed by atoms with Crippen LogP contribution in [-0.2, 0) is 4.74 Å². The molecule has 0 unspecified atom stereocenters. The zero-order valence-electron chi connectivity index (χ0n) is 6.89. The Balaban J connectivity index is 0.000000180. The largest absolute Gasteiger partial charge is 0.379 e. The molecule has 3 nitrogen and oxygen atoms in total. The zero-order valence-corrected chi connectivity index (χ0v) is 6.89. The van der Waals surface area contributed by atoms with Gasteiger partial charge in [0.25, 0.3) is 0 Å². The molecule has 0 aromatic heterocycles. The normalized spacial score (nSPS) is 18.0. The molecule has 62 valence electrons. The molecule has 0 aromatic carbocycles. The number of ether oxygens (including phenoxy) is 1. The van der Waals surface area contributed by atoms with Crippen LogP contribution in [0.25, 0.3) is 0 Å². The quantitative estimate of drug-likeness (QED) is 0.504. The van der Waals surface area contributed by atoms with E-state index in [1.165, 1.54) is 0 Å². The number of morpholine rings is 1. The molecule has 0 aromatic rings. The molecule has 0 aliphatic carbocycles. The highest BCUT2D eigenvalue weighted by Crippen LogP contribution is 1.76. The Morgan fingerprint density at radius 3 is 1.80 bits per heavy atom. The van der Waals surface area contributed by atoms with Gasteiger partial charge in [-0.15, -0.1) is 0 Å². The van der Waals surface area contributed by atoms with Gasteiger partial charge >= 0.3 is 0 Å². The molecule has 1 fully saturated rings. The fourth-order valence-electron chi connectivity index (χ4n) is 0.516. The summed E-state index contributed by atoms with van der Waals surface area (Å²) >= 11 is 0. The summed E-state index contributed by atoms with van der Waals surface area (Å²) in [7, 11) is 0. The van der Waals surface area contributed by atoms with Crippen LogP contribution in [-0.4, -0.2) is 32.3 Å². The van der Waals surface area contributed by atoms with Crippen LogP contribution in [0.2, 0.25) is 0 Å². The second-order valence-corrected chi connectivity index (χ2v) is 2.61. The molecule has 10 heavy (non-hydrogen) atoms. The number of hydrogen-bond acceptors (Lipinski definition) is 3. The molecule has 0 radical (unpaired) electrons. The molecule has 1 aliphatic rings. The van der Waals surface area contributed by atoms with Crippen molar-refractivity contribution in [3.63, 3.8) is 0 Å². The lowest BCUT2D eigenvalue weighted by atomic mass is 10.5. The Morgan fingerprint density at radius 2 is 1.70 bits per heavy atom. The number of nitrogens with one attached hydrogen (secondary N) is 1. The third kappa shape index (κ3) is 10.8. The Hall–Kier alpha value is -0.120. The third-order valence-corrected chi connectivity index (χ3v) is 0.846. The number of hydrogen-bond donors (Lipinski definition) is 2. The summed E-state index contributed by atoms with van der Waals surface area (Å²) in [6.07, 6.45) is 0. The predicted molar refractivity (Wildman–Crippen MR) is 43.0 cm³/mol. The van der Waals surface area contributed by atoms with Gasteiger partial charge in [-0.25, -0.2) is 0 Å². The maximum Gasteiger partial charge on any atom is 0.0591 e. The summed E-state index contributed by atoms with van der Waals surface area (Å²) < 4.78 is 5.01. The average molecular weight is 146 g/mol. The molecule has 0 saturated carbocycles. The van der Waals surface area contributed by atoms with E-state index in [0.717, 1.165) is 26.3 Å². The van der Waals surface area contributed by atoms with Gasteiger partial charge in [0.05, 0.1) is 13.2 Å². The third-order valence-electron chi connectivity index (χ3n) is 0.846. The maximum absolute atomic E-state index is 5.11. The van der Waals surface area contributed by atoms with Gasteiger partial charge in [0.1, 0.15) is 0 Å². The molecule has 1 rings (SSSR count). The van der Waals surface area contributed by atoms with Crippen LogP contribution >= 0.6 is 0 Å². The average Bonchev–Trinajstić information content (AvgIpc) is 1.90. The first-order valence-corrected chi connectivity index (χ1v) is 3.77. The van der Waals surface area contributed by atoms with Gasteiger partial charge in [0.15, 0.2) is 0 Å². The minimum absolute atomic E-state index is 0.333. The van der Waals surface area contributed by atoms with Gasteiger partial charge in [0, 0.05) is 13.1 Å². The number of nitrogens with two attached hydrogens (primary N) is 1. The van der Waals surface area contributed by atoms with E-state index in [4.69, 9.17) is 10.5 Å². The molecule has 3 N–H and O–H groups in total. The summed E-state index contributed by atoms with van der Waals surface area (Å²) in [6.45, 7) is 7.72. The first-order chi connectivity index (χ1) is 4.73. The van der Waals surface area contributed by atoms with E-state index < -0.39 is 0 Å². The smallest absolute Gasteiger partial charge is 0.0591 e. The standard InChI is InChI=1S/C4H9NO.C3H9N/c1-3-6-4-2-5-1;1-3(2)4/h5H,1-4H2;3H,4H2,1-2H3. The van der Waals surface area contributed by atoms with E-state index in [-0.39, 0.29) is 0 Å². The zero-order chi connectivity index (χ0) is 7.82. The monoisotopic (exact) mass is 146 g/mol. The Kier molecular flexibility index (Phi) is 6.91. The summed E-state index contributed by atoms with van der Waals surface area (Å²) in [6, 6.07) is 0.333. The van der Waals surface area contributed by atoms with Crippen molar-refractivity contribution in [3.8, 4) is 0 Å². The molecule has 0 spiro atoms. The van der Waals surface area contributed by atoms with Crippen LogP contribution in [0.3, 0.4) is 0 Å². The molecule has 1 aliphatic heterocycles. The Bertz CT molecular complexity index is 48.4. The molecule has 1 heterocycles. The summed E-state index contributed by atoms with van der Waals surface area (Å²) in [5.74, 6) is 0. The van der Waals surface area contributed by atoms with Crippen LogP contribution < -0.4 is 11.1 Å². The van der Waals surface area contributed by atoms with Crippen molar-refractivity contribution in [1.29, 1.82) is 0 Å². The number of rotatable bonds is 0. The lowest BCUT2D eigenvalue weighted by Crippen LogP contribution is -2.30. The lowest BCUT2D eigenvalue weighted by molar-refractivity contribution is 0.109. The van der Waals surface area contributed by atoms with Crippen molar-refractivity contribution >= 4 is 0 Å². The van der Waals surface area contributed by atoms with Gasteiger partial charge in [-0.1, -0.05) is 13.8 Å². The van der Waals surface area contributed by atoms with Gasteiger partial charge in [-0.2, -0.15) is 0 Å². The van der Waals surface area contributed by atoms with Crippen molar-refractivity contribution < 1.29 is 4.74 Å². The molecular weight excluding hydrogens is 128 g/mol. The van der Waals surface area contributed by atoms with E-state index in [9.17, 15) is 0 Å². The van der Waals surface area contributed by atoms with Crippen molar-refractivity contribution in [1.82, 2.24) is 5.32 Å².